The standard InChI is InChI=1S/C8H17NO4/c1-5-11-9(7(3)4)8(10)13-12-6-2/h7H,5-6H2,1-4H3. The third kappa shape index (κ3) is 4.69. The average Bonchev–Trinajstić information content (AvgIpc) is 2.09. The summed E-state index contributed by atoms with van der Waals surface area (Å²) in [6.07, 6.45) is -0.626. The van der Waals surface area contributed by atoms with Crippen LogP contribution in [-0.4, -0.2) is 30.4 Å². The van der Waals surface area contributed by atoms with Crippen LogP contribution in [0.4, 0.5) is 4.79 Å². The molecule has 0 unspecified atom stereocenters. The minimum atomic E-state index is -0.626. The topological polar surface area (TPSA) is 48.0 Å². The summed E-state index contributed by atoms with van der Waals surface area (Å²) in [6.45, 7) is 7.91. The van der Waals surface area contributed by atoms with Crippen LogP contribution in [0.2, 0.25) is 0 Å². The van der Waals surface area contributed by atoms with E-state index in [1.807, 2.05) is 13.8 Å². The van der Waals surface area contributed by atoms with Gasteiger partial charge in [0.2, 0.25) is 0 Å². The fourth-order valence-electron chi connectivity index (χ4n) is 0.698. The van der Waals surface area contributed by atoms with Gasteiger partial charge in [0.15, 0.2) is 0 Å². The molecule has 0 atom stereocenters. The summed E-state index contributed by atoms with van der Waals surface area (Å²) >= 11 is 0. The molecule has 0 aliphatic rings. The average molecular weight is 191 g/mol. The highest BCUT2D eigenvalue weighted by atomic mass is 17.2. The molecule has 0 aromatic rings. The molecule has 0 aromatic heterocycles. The number of nitrogens with zero attached hydrogens (tertiary/aromatic N) is 1. The predicted molar refractivity (Wildman–Crippen MR) is 46.7 cm³/mol. The molecular weight excluding hydrogens is 174 g/mol. The normalized spacial score (nSPS) is 10.2. The maximum Gasteiger partial charge on any atom is 0.465 e. The largest absolute Gasteiger partial charge is 0.465 e. The van der Waals surface area contributed by atoms with Crippen molar-refractivity contribution >= 4 is 6.09 Å². The van der Waals surface area contributed by atoms with E-state index in [9.17, 15) is 4.79 Å². The van der Waals surface area contributed by atoms with Crippen LogP contribution in [0.5, 0.6) is 0 Å². The molecule has 5 heteroatoms. The Balaban J connectivity index is 3.96. The van der Waals surface area contributed by atoms with E-state index in [4.69, 9.17) is 4.84 Å². The van der Waals surface area contributed by atoms with Gasteiger partial charge in [-0.3, -0.25) is 9.73 Å². The summed E-state index contributed by atoms with van der Waals surface area (Å²) in [7, 11) is 0. The maximum atomic E-state index is 11.2. The third-order valence-corrected chi connectivity index (χ3v) is 1.17. The van der Waals surface area contributed by atoms with Crippen LogP contribution >= 0.6 is 0 Å². The van der Waals surface area contributed by atoms with Crippen molar-refractivity contribution in [1.82, 2.24) is 5.06 Å². The van der Waals surface area contributed by atoms with Crippen LogP contribution < -0.4 is 0 Å². The molecule has 0 aliphatic heterocycles. The van der Waals surface area contributed by atoms with E-state index in [2.05, 4.69) is 9.78 Å². The highest BCUT2D eigenvalue weighted by molar-refractivity contribution is 5.65. The predicted octanol–water partition coefficient (Wildman–Crippen LogP) is 1.74. The Kier molecular flexibility index (Phi) is 6.26. The molecule has 0 fully saturated rings. The van der Waals surface area contributed by atoms with Crippen LogP contribution in [0.1, 0.15) is 27.7 Å². The van der Waals surface area contributed by atoms with Crippen molar-refractivity contribution in [1.29, 1.82) is 0 Å². The maximum absolute atomic E-state index is 11.2. The van der Waals surface area contributed by atoms with Gasteiger partial charge >= 0.3 is 6.09 Å². The lowest BCUT2D eigenvalue weighted by Crippen LogP contribution is -2.37. The number of carbonyl (C=O) groups excluding carboxylic acids is 1. The zero-order valence-electron chi connectivity index (χ0n) is 8.57. The molecule has 0 aromatic carbocycles. The SMILES string of the molecule is CCOOC(=O)N(OCC)C(C)C. The van der Waals surface area contributed by atoms with Crippen molar-refractivity contribution in [2.24, 2.45) is 0 Å². The van der Waals surface area contributed by atoms with Gasteiger partial charge in [-0.05, 0) is 27.7 Å². The Bertz CT molecular complexity index is 149. The minimum Gasteiger partial charge on any atom is -0.274 e. The van der Waals surface area contributed by atoms with Crippen molar-refractivity contribution in [2.75, 3.05) is 13.2 Å². The summed E-state index contributed by atoms with van der Waals surface area (Å²) in [4.78, 5) is 25.2. The molecule has 0 radical (unpaired) electrons. The van der Waals surface area contributed by atoms with E-state index in [1.54, 1.807) is 13.8 Å². The van der Waals surface area contributed by atoms with Crippen LogP contribution in [0.15, 0.2) is 0 Å². The van der Waals surface area contributed by atoms with Crippen LogP contribution in [0.3, 0.4) is 0 Å². The fraction of sp³-hybridized carbons (Fsp3) is 0.875. The monoisotopic (exact) mass is 191 g/mol. The smallest absolute Gasteiger partial charge is 0.274 e. The zero-order valence-corrected chi connectivity index (χ0v) is 8.57. The van der Waals surface area contributed by atoms with E-state index in [0.717, 1.165) is 5.06 Å². The highest BCUT2D eigenvalue weighted by Gasteiger charge is 2.19. The van der Waals surface area contributed by atoms with Gasteiger partial charge in [-0.2, -0.15) is 9.95 Å². The molecule has 1 amide bonds. The van der Waals surface area contributed by atoms with Crippen molar-refractivity contribution in [3.8, 4) is 0 Å². The number of hydrogen-bond acceptors (Lipinski definition) is 4. The summed E-state index contributed by atoms with van der Waals surface area (Å²) in [5.74, 6) is 0. The quantitative estimate of drug-likeness (QED) is 0.490. The zero-order chi connectivity index (χ0) is 10.3. The second kappa shape index (κ2) is 6.68. The Hall–Kier alpha value is -0.810. The molecule has 0 rings (SSSR count). The van der Waals surface area contributed by atoms with E-state index in [-0.39, 0.29) is 6.04 Å². The summed E-state index contributed by atoms with van der Waals surface area (Å²) < 4.78 is 0. The molecule has 13 heavy (non-hydrogen) atoms. The van der Waals surface area contributed by atoms with Crippen molar-refractivity contribution in [3.05, 3.63) is 0 Å². The third-order valence-electron chi connectivity index (χ3n) is 1.17. The van der Waals surface area contributed by atoms with E-state index in [1.165, 1.54) is 0 Å². The Labute approximate surface area is 78.4 Å². The van der Waals surface area contributed by atoms with Gasteiger partial charge in [0.1, 0.15) is 0 Å². The second-order valence-electron chi connectivity index (χ2n) is 2.59. The number of rotatable bonds is 5. The number of amides is 1. The lowest BCUT2D eigenvalue weighted by atomic mass is 10.4. The first-order valence-corrected chi connectivity index (χ1v) is 4.39. The van der Waals surface area contributed by atoms with Gasteiger partial charge in [0.25, 0.3) is 0 Å². The molecular formula is C8H17NO4. The van der Waals surface area contributed by atoms with Crippen LogP contribution in [-0.2, 0) is 14.6 Å². The summed E-state index contributed by atoms with van der Waals surface area (Å²) in [6, 6.07) is -0.0760. The lowest BCUT2D eigenvalue weighted by Gasteiger charge is -2.22. The molecule has 0 saturated heterocycles. The highest BCUT2D eigenvalue weighted by Crippen LogP contribution is 2.02. The Morgan fingerprint density at radius 3 is 2.31 bits per heavy atom. The first-order chi connectivity index (χ1) is 6.13. The van der Waals surface area contributed by atoms with E-state index >= 15 is 0 Å². The van der Waals surface area contributed by atoms with Gasteiger partial charge < -0.3 is 0 Å². The van der Waals surface area contributed by atoms with Gasteiger partial charge in [-0.1, -0.05) is 0 Å². The van der Waals surface area contributed by atoms with E-state index in [0.29, 0.717) is 13.2 Å². The lowest BCUT2D eigenvalue weighted by molar-refractivity contribution is -0.270. The molecule has 0 aliphatic carbocycles. The van der Waals surface area contributed by atoms with Crippen LogP contribution in [0, 0.1) is 0 Å². The molecule has 5 nitrogen and oxygen atoms in total. The van der Waals surface area contributed by atoms with Gasteiger partial charge in [0, 0.05) is 0 Å². The van der Waals surface area contributed by atoms with Crippen molar-refractivity contribution in [3.63, 3.8) is 0 Å². The second-order valence-corrected chi connectivity index (χ2v) is 2.59. The van der Waals surface area contributed by atoms with Crippen LogP contribution in [0.25, 0.3) is 0 Å². The van der Waals surface area contributed by atoms with Gasteiger partial charge in [0.05, 0.1) is 19.3 Å². The number of hydroxylamine groups is 2. The van der Waals surface area contributed by atoms with Gasteiger partial charge in [-0.25, -0.2) is 4.79 Å². The van der Waals surface area contributed by atoms with Gasteiger partial charge in [-0.15, -0.1) is 0 Å². The summed E-state index contributed by atoms with van der Waals surface area (Å²) in [5, 5.41) is 1.13. The van der Waals surface area contributed by atoms with Crippen molar-refractivity contribution < 1.29 is 19.4 Å². The fourth-order valence-corrected chi connectivity index (χ4v) is 0.698. The van der Waals surface area contributed by atoms with E-state index < -0.39 is 6.09 Å². The molecule has 0 saturated carbocycles. The molecule has 0 bridgehead atoms. The number of carbonyl (C=O) groups is 1. The first-order valence-electron chi connectivity index (χ1n) is 4.39. The summed E-state index contributed by atoms with van der Waals surface area (Å²) in [5.41, 5.74) is 0. The molecule has 0 heterocycles. The Morgan fingerprint density at radius 1 is 1.31 bits per heavy atom. The molecule has 0 spiro atoms. The minimum absolute atomic E-state index is 0.0760. The number of hydrogen-bond donors (Lipinski definition) is 0. The molecule has 78 valence electrons. The van der Waals surface area contributed by atoms with Crippen molar-refractivity contribution in [2.45, 2.75) is 33.7 Å². The molecule has 0 N–H and O–H groups in total. The first kappa shape index (κ1) is 12.2. The Morgan fingerprint density at radius 2 is 1.92 bits per heavy atom.